The fourth-order valence-electron chi connectivity index (χ4n) is 3.29. The average molecular weight is 297 g/mol. The van der Waals surface area contributed by atoms with Crippen LogP contribution in [0.2, 0.25) is 0 Å². The van der Waals surface area contributed by atoms with Gasteiger partial charge in [-0.3, -0.25) is 9.59 Å². The van der Waals surface area contributed by atoms with Gasteiger partial charge in [0.1, 0.15) is 0 Å². The normalized spacial score (nSPS) is 17.4. The van der Waals surface area contributed by atoms with Gasteiger partial charge in [-0.1, -0.05) is 58.3 Å². The first-order valence-corrected chi connectivity index (χ1v) is 8.61. The fourth-order valence-corrected chi connectivity index (χ4v) is 3.29. The largest absolute Gasteiger partial charge is 0.481 e. The molecule has 122 valence electrons. The minimum absolute atomic E-state index is 0.0358. The van der Waals surface area contributed by atoms with Gasteiger partial charge in [-0.15, -0.1) is 0 Å². The van der Waals surface area contributed by atoms with Crippen molar-refractivity contribution in [3.05, 3.63) is 0 Å². The molecule has 0 atom stereocenters. The Labute approximate surface area is 128 Å². The average Bonchev–Trinajstić information content (AvgIpc) is 2.42. The van der Waals surface area contributed by atoms with Crippen LogP contribution in [0.15, 0.2) is 0 Å². The number of hydrogen-bond acceptors (Lipinski definition) is 2. The number of carboxylic acids is 1. The van der Waals surface area contributed by atoms with E-state index in [4.69, 9.17) is 5.11 Å². The van der Waals surface area contributed by atoms with Gasteiger partial charge in [-0.05, 0) is 19.3 Å². The molecule has 0 saturated heterocycles. The Morgan fingerprint density at radius 3 is 2.24 bits per heavy atom. The second-order valence-electron chi connectivity index (χ2n) is 6.48. The number of carbonyl (C=O) groups is 2. The molecular weight excluding hydrogens is 266 g/mol. The lowest BCUT2D eigenvalue weighted by atomic mass is 9.79. The van der Waals surface area contributed by atoms with Crippen molar-refractivity contribution in [3.8, 4) is 0 Å². The van der Waals surface area contributed by atoms with E-state index in [1.807, 2.05) is 0 Å². The van der Waals surface area contributed by atoms with E-state index in [9.17, 15) is 9.59 Å². The zero-order chi connectivity index (χ0) is 15.6. The van der Waals surface area contributed by atoms with Crippen LogP contribution in [0.3, 0.4) is 0 Å². The molecule has 0 radical (unpaired) electrons. The molecule has 0 unspecified atom stereocenters. The summed E-state index contributed by atoms with van der Waals surface area (Å²) >= 11 is 0. The van der Waals surface area contributed by atoms with Crippen molar-refractivity contribution in [1.29, 1.82) is 0 Å². The number of nitrogens with one attached hydrogen (secondary N) is 1. The van der Waals surface area contributed by atoms with E-state index in [-0.39, 0.29) is 12.3 Å². The summed E-state index contributed by atoms with van der Waals surface area (Å²) in [6, 6.07) is 0. The molecule has 0 aromatic rings. The molecule has 4 nitrogen and oxygen atoms in total. The molecule has 0 spiro atoms. The predicted molar refractivity (Wildman–Crippen MR) is 84.2 cm³/mol. The Morgan fingerprint density at radius 2 is 1.62 bits per heavy atom. The monoisotopic (exact) mass is 297 g/mol. The molecule has 0 aromatic carbocycles. The third kappa shape index (κ3) is 7.49. The van der Waals surface area contributed by atoms with Gasteiger partial charge in [0.25, 0.3) is 0 Å². The molecule has 1 amide bonds. The summed E-state index contributed by atoms with van der Waals surface area (Å²) in [5.41, 5.74) is -0.483. The van der Waals surface area contributed by atoms with Gasteiger partial charge >= 0.3 is 5.97 Å². The third-order valence-corrected chi connectivity index (χ3v) is 4.46. The van der Waals surface area contributed by atoms with Crippen molar-refractivity contribution in [2.24, 2.45) is 0 Å². The standard InChI is InChI=1S/C17H31NO3/c1-2-3-4-5-6-8-11-15(19)18-17(14-16(20)21)12-9-7-10-13-17/h2-14H2,1H3,(H,18,19)(H,20,21). The molecule has 0 aliphatic heterocycles. The van der Waals surface area contributed by atoms with Crippen LogP contribution in [0.4, 0.5) is 0 Å². The fraction of sp³-hybridized carbons (Fsp3) is 0.882. The summed E-state index contributed by atoms with van der Waals surface area (Å²) in [5, 5.41) is 12.1. The van der Waals surface area contributed by atoms with Gasteiger partial charge in [-0.2, -0.15) is 0 Å². The topological polar surface area (TPSA) is 66.4 Å². The Balaban J connectivity index is 2.30. The number of aliphatic carboxylic acids is 1. The van der Waals surface area contributed by atoms with Crippen LogP contribution < -0.4 is 5.32 Å². The number of rotatable bonds is 10. The van der Waals surface area contributed by atoms with Crippen LogP contribution >= 0.6 is 0 Å². The van der Waals surface area contributed by atoms with Crippen molar-refractivity contribution < 1.29 is 14.7 Å². The Hall–Kier alpha value is -1.06. The molecule has 1 rings (SSSR count). The lowest BCUT2D eigenvalue weighted by molar-refractivity contribution is -0.139. The first-order valence-electron chi connectivity index (χ1n) is 8.61. The molecule has 2 N–H and O–H groups in total. The quantitative estimate of drug-likeness (QED) is 0.598. The highest BCUT2D eigenvalue weighted by Crippen LogP contribution is 2.31. The Kier molecular flexibility index (Phi) is 8.40. The number of unbranched alkanes of at least 4 members (excludes halogenated alkanes) is 5. The number of carboxylic acid groups (broad SMARTS) is 1. The lowest BCUT2D eigenvalue weighted by Crippen LogP contribution is -2.51. The maximum atomic E-state index is 12.1. The molecule has 1 saturated carbocycles. The number of amides is 1. The second kappa shape index (κ2) is 9.80. The van der Waals surface area contributed by atoms with E-state index >= 15 is 0 Å². The van der Waals surface area contributed by atoms with E-state index in [1.54, 1.807) is 0 Å². The second-order valence-corrected chi connectivity index (χ2v) is 6.48. The molecular formula is C17H31NO3. The summed E-state index contributed by atoms with van der Waals surface area (Å²) in [5.74, 6) is -0.773. The summed E-state index contributed by atoms with van der Waals surface area (Å²) in [7, 11) is 0. The molecule has 1 fully saturated rings. The van der Waals surface area contributed by atoms with E-state index in [0.29, 0.717) is 6.42 Å². The maximum absolute atomic E-state index is 12.1. The van der Waals surface area contributed by atoms with Gasteiger partial charge in [0.15, 0.2) is 0 Å². The molecule has 0 aromatic heterocycles. The number of hydrogen-bond donors (Lipinski definition) is 2. The smallest absolute Gasteiger partial charge is 0.305 e. The van der Waals surface area contributed by atoms with Crippen molar-refractivity contribution in [2.75, 3.05) is 0 Å². The van der Waals surface area contributed by atoms with Crippen molar-refractivity contribution in [2.45, 2.75) is 95.9 Å². The molecule has 0 heterocycles. The minimum atomic E-state index is -0.809. The predicted octanol–water partition coefficient (Wildman–Crippen LogP) is 4.03. The van der Waals surface area contributed by atoms with E-state index in [0.717, 1.165) is 44.9 Å². The van der Waals surface area contributed by atoms with Gasteiger partial charge in [-0.25, -0.2) is 0 Å². The minimum Gasteiger partial charge on any atom is -0.481 e. The zero-order valence-electron chi connectivity index (χ0n) is 13.5. The van der Waals surface area contributed by atoms with E-state index < -0.39 is 11.5 Å². The van der Waals surface area contributed by atoms with Crippen LogP contribution in [0.1, 0.15) is 90.4 Å². The van der Waals surface area contributed by atoms with Crippen molar-refractivity contribution in [3.63, 3.8) is 0 Å². The van der Waals surface area contributed by atoms with Gasteiger partial charge in [0.2, 0.25) is 5.91 Å². The first-order chi connectivity index (χ1) is 10.1. The van der Waals surface area contributed by atoms with E-state index in [1.165, 1.54) is 25.7 Å². The van der Waals surface area contributed by atoms with Gasteiger partial charge in [0, 0.05) is 6.42 Å². The van der Waals surface area contributed by atoms with Crippen LogP contribution in [-0.2, 0) is 9.59 Å². The third-order valence-electron chi connectivity index (χ3n) is 4.46. The highest BCUT2D eigenvalue weighted by Gasteiger charge is 2.35. The summed E-state index contributed by atoms with van der Waals surface area (Å²) < 4.78 is 0. The highest BCUT2D eigenvalue weighted by molar-refractivity contribution is 5.78. The molecule has 21 heavy (non-hydrogen) atoms. The van der Waals surface area contributed by atoms with Gasteiger partial charge < -0.3 is 10.4 Å². The maximum Gasteiger partial charge on any atom is 0.305 e. The van der Waals surface area contributed by atoms with Crippen LogP contribution in [-0.4, -0.2) is 22.5 Å². The van der Waals surface area contributed by atoms with Crippen molar-refractivity contribution >= 4 is 11.9 Å². The Morgan fingerprint density at radius 1 is 1.00 bits per heavy atom. The van der Waals surface area contributed by atoms with Crippen molar-refractivity contribution in [1.82, 2.24) is 5.32 Å². The Bertz CT molecular complexity index is 322. The van der Waals surface area contributed by atoms with Crippen LogP contribution in [0.25, 0.3) is 0 Å². The first kappa shape index (κ1) is 18.0. The zero-order valence-corrected chi connectivity index (χ0v) is 13.5. The van der Waals surface area contributed by atoms with E-state index in [2.05, 4.69) is 12.2 Å². The van der Waals surface area contributed by atoms with Gasteiger partial charge in [0.05, 0.1) is 12.0 Å². The molecule has 0 bridgehead atoms. The highest BCUT2D eigenvalue weighted by atomic mass is 16.4. The summed E-state index contributed by atoms with van der Waals surface area (Å²) in [4.78, 5) is 23.1. The molecule has 1 aliphatic carbocycles. The number of carbonyl (C=O) groups excluding carboxylic acids is 1. The SMILES string of the molecule is CCCCCCCCC(=O)NC1(CC(=O)O)CCCCC1. The molecule has 4 heteroatoms. The molecule has 1 aliphatic rings. The summed E-state index contributed by atoms with van der Waals surface area (Å²) in [6.45, 7) is 2.19. The van der Waals surface area contributed by atoms with Crippen LogP contribution in [0.5, 0.6) is 0 Å². The van der Waals surface area contributed by atoms with Crippen LogP contribution in [0, 0.1) is 0 Å². The lowest BCUT2D eigenvalue weighted by Gasteiger charge is -2.37. The summed E-state index contributed by atoms with van der Waals surface area (Å²) in [6.07, 6.45) is 12.4.